The van der Waals surface area contributed by atoms with Gasteiger partial charge in [-0.25, -0.2) is 10.2 Å². The van der Waals surface area contributed by atoms with Crippen LogP contribution in [0.2, 0.25) is 10.0 Å². The number of halogens is 2. The Bertz CT molecular complexity index is 1300. The highest BCUT2D eigenvalue weighted by molar-refractivity contribution is 6.45. The number of nitrogens with zero attached hydrogens (tertiary/aromatic N) is 1. The van der Waals surface area contributed by atoms with E-state index in [1.54, 1.807) is 42.5 Å². The van der Waals surface area contributed by atoms with Gasteiger partial charge in [-0.05, 0) is 54.1 Å². The van der Waals surface area contributed by atoms with Crippen molar-refractivity contribution in [3.05, 3.63) is 81.8 Å². The molecule has 0 saturated carbocycles. The minimum atomic E-state index is -1.02. The Kier molecular flexibility index (Phi) is 8.66. The summed E-state index contributed by atoms with van der Waals surface area (Å²) in [4.78, 5) is 36.5. The number of ether oxygens (including phenoxy) is 3. The van der Waals surface area contributed by atoms with Crippen molar-refractivity contribution in [1.82, 2.24) is 5.43 Å². The highest BCUT2D eigenvalue weighted by Gasteiger charge is 2.16. The van der Waals surface area contributed by atoms with Crippen LogP contribution in [0.25, 0.3) is 0 Å². The van der Waals surface area contributed by atoms with Crippen LogP contribution in [0.3, 0.4) is 0 Å². The number of carbonyl (C=O) groups is 3. The third-order valence-electron chi connectivity index (χ3n) is 4.48. The van der Waals surface area contributed by atoms with E-state index < -0.39 is 17.8 Å². The van der Waals surface area contributed by atoms with Crippen molar-refractivity contribution in [2.24, 2.45) is 5.10 Å². The van der Waals surface area contributed by atoms with Gasteiger partial charge in [0.25, 0.3) is 0 Å². The minimum Gasteiger partial charge on any atom is -0.497 e. The molecule has 0 heterocycles. The van der Waals surface area contributed by atoms with Gasteiger partial charge in [0.15, 0.2) is 11.5 Å². The van der Waals surface area contributed by atoms with E-state index in [1.165, 1.54) is 38.6 Å². The number of methoxy groups -OCH3 is 2. The highest BCUT2D eigenvalue weighted by atomic mass is 35.5. The van der Waals surface area contributed by atoms with Gasteiger partial charge in [-0.1, -0.05) is 35.3 Å². The summed E-state index contributed by atoms with van der Waals surface area (Å²) in [5, 5.41) is 6.44. The average Bonchev–Trinajstić information content (AvgIpc) is 2.87. The lowest BCUT2D eigenvalue weighted by atomic mass is 10.2. The van der Waals surface area contributed by atoms with Crippen LogP contribution in [0.5, 0.6) is 17.2 Å². The Hall–Kier alpha value is -4.08. The van der Waals surface area contributed by atoms with Gasteiger partial charge >= 0.3 is 17.8 Å². The predicted molar refractivity (Wildman–Crippen MR) is 132 cm³/mol. The van der Waals surface area contributed by atoms with Crippen LogP contribution >= 0.6 is 23.2 Å². The number of esters is 1. The fourth-order valence-corrected chi connectivity index (χ4v) is 3.10. The van der Waals surface area contributed by atoms with Crippen LogP contribution in [-0.4, -0.2) is 38.2 Å². The van der Waals surface area contributed by atoms with Gasteiger partial charge in [0.1, 0.15) is 5.75 Å². The molecule has 180 valence electrons. The molecule has 0 saturated heterocycles. The quantitative estimate of drug-likeness (QED) is 0.159. The normalized spacial score (nSPS) is 10.5. The molecule has 3 rings (SSSR count). The molecule has 2 N–H and O–H groups in total. The summed E-state index contributed by atoms with van der Waals surface area (Å²) in [6.45, 7) is 0. The second-order valence-corrected chi connectivity index (χ2v) is 7.57. The molecule has 0 unspecified atom stereocenters. The first kappa shape index (κ1) is 25.5. The van der Waals surface area contributed by atoms with Crippen LogP contribution in [0, 0.1) is 0 Å². The third kappa shape index (κ3) is 6.72. The van der Waals surface area contributed by atoms with Gasteiger partial charge in [0.05, 0.1) is 41.7 Å². The molecule has 0 aliphatic rings. The number of hydrogen-bond donors (Lipinski definition) is 2. The zero-order valence-corrected chi connectivity index (χ0v) is 20.0. The predicted octanol–water partition coefficient (Wildman–Crippen LogP) is 4.32. The molecule has 0 spiro atoms. The summed E-state index contributed by atoms with van der Waals surface area (Å²) in [5.41, 5.74) is 3.10. The summed E-state index contributed by atoms with van der Waals surface area (Å²) >= 11 is 11.9. The molecule has 0 aliphatic carbocycles. The number of hydrazone groups is 1. The smallest absolute Gasteiger partial charge is 0.343 e. The minimum absolute atomic E-state index is 0.109. The van der Waals surface area contributed by atoms with Gasteiger partial charge < -0.3 is 19.5 Å². The van der Waals surface area contributed by atoms with Crippen molar-refractivity contribution >= 4 is 52.9 Å². The van der Waals surface area contributed by atoms with Crippen molar-refractivity contribution in [2.75, 3.05) is 19.5 Å². The monoisotopic (exact) mass is 515 g/mol. The zero-order valence-electron chi connectivity index (χ0n) is 18.5. The van der Waals surface area contributed by atoms with Crippen molar-refractivity contribution in [3.8, 4) is 17.2 Å². The largest absolute Gasteiger partial charge is 0.497 e. The van der Waals surface area contributed by atoms with Gasteiger partial charge in [-0.3, -0.25) is 9.59 Å². The first-order valence-corrected chi connectivity index (χ1v) is 10.7. The second kappa shape index (κ2) is 11.9. The molecule has 2 amide bonds. The van der Waals surface area contributed by atoms with Crippen LogP contribution in [-0.2, 0) is 9.59 Å². The van der Waals surface area contributed by atoms with Crippen LogP contribution in [0.15, 0.2) is 65.8 Å². The second-order valence-electron chi connectivity index (χ2n) is 6.79. The number of carbonyl (C=O) groups excluding carboxylic acids is 3. The Balaban J connectivity index is 1.62. The molecule has 3 aromatic carbocycles. The van der Waals surface area contributed by atoms with Crippen LogP contribution < -0.4 is 25.0 Å². The number of anilines is 1. The van der Waals surface area contributed by atoms with Crippen LogP contribution in [0.1, 0.15) is 15.9 Å². The molecule has 0 aliphatic heterocycles. The van der Waals surface area contributed by atoms with E-state index in [0.717, 1.165) is 0 Å². The lowest BCUT2D eigenvalue weighted by Crippen LogP contribution is -2.32. The molecule has 0 atom stereocenters. The van der Waals surface area contributed by atoms with E-state index in [0.29, 0.717) is 16.9 Å². The van der Waals surface area contributed by atoms with E-state index in [4.69, 9.17) is 37.4 Å². The van der Waals surface area contributed by atoms with Gasteiger partial charge in [0, 0.05) is 0 Å². The maximum absolute atomic E-state index is 12.5. The van der Waals surface area contributed by atoms with Gasteiger partial charge in [-0.2, -0.15) is 5.10 Å². The molecule has 9 nitrogen and oxygen atoms in total. The number of benzene rings is 3. The van der Waals surface area contributed by atoms with Crippen LogP contribution in [0.4, 0.5) is 5.69 Å². The molecular formula is C24H19Cl2N3O6. The number of nitrogens with one attached hydrogen (secondary N) is 2. The lowest BCUT2D eigenvalue weighted by molar-refractivity contribution is -0.136. The van der Waals surface area contributed by atoms with Crippen molar-refractivity contribution in [3.63, 3.8) is 0 Å². The number of rotatable bonds is 7. The molecule has 0 aromatic heterocycles. The van der Waals surface area contributed by atoms with E-state index in [9.17, 15) is 14.4 Å². The summed E-state index contributed by atoms with van der Waals surface area (Å²) in [6.07, 6.45) is 1.29. The number of amides is 2. The molecule has 35 heavy (non-hydrogen) atoms. The Morgan fingerprint density at radius 2 is 1.66 bits per heavy atom. The zero-order chi connectivity index (χ0) is 25.4. The summed E-state index contributed by atoms with van der Waals surface area (Å²) < 4.78 is 15.8. The van der Waals surface area contributed by atoms with E-state index in [2.05, 4.69) is 15.8 Å². The average molecular weight is 516 g/mol. The van der Waals surface area contributed by atoms with Gasteiger partial charge in [0.2, 0.25) is 0 Å². The standard InChI is InChI=1S/C24H19Cl2N3O6/c1-33-16-6-3-5-15(12-16)24(32)35-19-10-9-14(11-20(19)34-2)13-27-29-23(31)22(30)28-18-8-4-7-17(25)21(18)26/h3-13H,1-2H3,(H,28,30)(H,29,31). The third-order valence-corrected chi connectivity index (χ3v) is 5.30. The van der Waals surface area contributed by atoms with E-state index in [1.807, 2.05) is 0 Å². The molecule has 11 heteroatoms. The molecular weight excluding hydrogens is 497 g/mol. The molecule has 3 aromatic rings. The Labute approximate surface area is 210 Å². The number of hydrogen-bond acceptors (Lipinski definition) is 7. The maximum Gasteiger partial charge on any atom is 0.343 e. The van der Waals surface area contributed by atoms with Crippen molar-refractivity contribution < 1.29 is 28.6 Å². The summed E-state index contributed by atoms with van der Waals surface area (Å²) in [5.74, 6) is -1.65. The summed E-state index contributed by atoms with van der Waals surface area (Å²) in [7, 11) is 2.91. The van der Waals surface area contributed by atoms with E-state index in [-0.39, 0.29) is 27.2 Å². The maximum atomic E-state index is 12.5. The fourth-order valence-electron chi connectivity index (χ4n) is 2.75. The molecule has 0 bridgehead atoms. The SMILES string of the molecule is COc1cccc(C(=O)Oc2ccc(C=NNC(=O)C(=O)Nc3cccc(Cl)c3Cl)cc2OC)c1. The van der Waals surface area contributed by atoms with E-state index >= 15 is 0 Å². The highest BCUT2D eigenvalue weighted by Crippen LogP contribution is 2.30. The topological polar surface area (TPSA) is 115 Å². The Morgan fingerprint density at radius 3 is 2.40 bits per heavy atom. The van der Waals surface area contributed by atoms with Gasteiger partial charge in [-0.15, -0.1) is 0 Å². The molecule has 0 radical (unpaired) electrons. The first-order chi connectivity index (χ1) is 16.8. The first-order valence-electron chi connectivity index (χ1n) is 9.95. The van der Waals surface area contributed by atoms with Crippen molar-refractivity contribution in [2.45, 2.75) is 0 Å². The summed E-state index contributed by atoms with van der Waals surface area (Å²) in [6, 6.07) is 15.8. The lowest BCUT2D eigenvalue weighted by Gasteiger charge is -2.10. The molecule has 0 fully saturated rings. The fraction of sp³-hybridized carbons (Fsp3) is 0.0833. The van der Waals surface area contributed by atoms with Crippen molar-refractivity contribution in [1.29, 1.82) is 0 Å². The Morgan fingerprint density at radius 1 is 0.886 bits per heavy atom.